The van der Waals surface area contributed by atoms with E-state index in [9.17, 15) is 9.59 Å². The van der Waals surface area contributed by atoms with Gasteiger partial charge in [-0.1, -0.05) is 24.3 Å². The minimum atomic E-state index is -0.576. The van der Waals surface area contributed by atoms with E-state index >= 15 is 0 Å². The predicted octanol–water partition coefficient (Wildman–Crippen LogP) is 0.568. The zero-order chi connectivity index (χ0) is 17.8. The number of imide groups is 1. The van der Waals surface area contributed by atoms with Crippen LogP contribution in [0, 0.1) is 0 Å². The fraction of sp³-hybridized carbons (Fsp3) is 0.263. The lowest BCUT2D eigenvalue weighted by molar-refractivity contribution is -0.856. The molecule has 0 saturated carbocycles. The molecule has 1 N–H and O–H groups in total. The lowest BCUT2D eigenvalue weighted by Gasteiger charge is -2.30. The van der Waals surface area contributed by atoms with E-state index in [4.69, 9.17) is 0 Å². The molecule has 0 aliphatic carbocycles. The second-order valence-electron chi connectivity index (χ2n) is 6.24. The zero-order valence-electron chi connectivity index (χ0n) is 14.3. The molecule has 0 radical (unpaired) electrons. The van der Waals surface area contributed by atoms with Crippen LogP contribution >= 0.6 is 0 Å². The van der Waals surface area contributed by atoms with E-state index in [0.29, 0.717) is 23.5 Å². The van der Waals surface area contributed by atoms with Gasteiger partial charge in [-0.05, 0) is 23.8 Å². The summed E-state index contributed by atoms with van der Waals surface area (Å²) >= 11 is 0. The SMILES string of the molecule is C[NH+](C)CCN=CC1C(=O)N(c2ccccn2)C(=O)c2ccccc21. The molecule has 128 valence electrons. The van der Waals surface area contributed by atoms with E-state index in [2.05, 4.69) is 24.1 Å². The number of carbonyl (C=O) groups is 2. The Balaban J connectivity index is 1.97. The molecule has 2 amide bonds. The molecule has 1 atom stereocenters. The van der Waals surface area contributed by atoms with Crippen LogP contribution in [0.25, 0.3) is 0 Å². The van der Waals surface area contributed by atoms with Gasteiger partial charge in [0, 0.05) is 18.0 Å². The lowest BCUT2D eigenvalue weighted by atomic mass is 9.89. The van der Waals surface area contributed by atoms with Gasteiger partial charge in [-0.2, -0.15) is 0 Å². The maximum Gasteiger partial charge on any atom is 0.266 e. The largest absolute Gasteiger partial charge is 0.338 e. The number of aromatic nitrogens is 1. The summed E-state index contributed by atoms with van der Waals surface area (Å²) in [5.41, 5.74) is 1.22. The summed E-state index contributed by atoms with van der Waals surface area (Å²) in [6.07, 6.45) is 3.23. The van der Waals surface area contributed by atoms with E-state index in [-0.39, 0.29) is 11.8 Å². The van der Waals surface area contributed by atoms with Gasteiger partial charge in [-0.25, -0.2) is 9.88 Å². The highest BCUT2D eigenvalue weighted by atomic mass is 16.2. The van der Waals surface area contributed by atoms with Gasteiger partial charge >= 0.3 is 0 Å². The normalized spacial score (nSPS) is 17.4. The van der Waals surface area contributed by atoms with E-state index < -0.39 is 5.92 Å². The highest BCUT2D eigenvalue weighted by molar-refractivity contribution is 6.28. The molecule has 1 aliphatic heterocycles. The highest BCUT2D eigenvalue weighted by Gasteiger charge is 2.39. The second kappa shape index (κ2) is 7.36. The third kappa shape index (κ3) is 3.49. The smallest absolute Gasteiger partial charge is 0.266 e. The van der Waals surface area contributed by atoms with Gasteiger partial charge in [-0.3, -0.25) is 14.6 Å². The van der Waals surface area contributed by atoms with Crippen molar-refractivity contribution >= 4 is 23.8 Å². The van der Waals surface area contributed by atoms with Crippen molar-refractivity contribution in [2.45, 2.75) is 5.92 Å². The van der Waals surface area contributed by atoms with Crippen LogP contribution in [0.4, 0.5) is 5.82 Å². The molecule has 1 aromatic heterocycles. The Hall–Kier alpha value is -2.86. The topological polar surface area (TPSA) is 67.1 Å². The van der Waals surface area contributed by atoms with E-state index in [0.717, 1.165) is 11.4 Å². The van der Waals surface area contributed by atoms with Crippen molar-refractivity contribution in [2.24, 2.45) is 4.99 Å². The van der Waals surface area contributed by atoms with Crippen molar-refractivity contribution in [1.29, 1.82) is 0 Å². The summed E-state index contributed by atoms with van der Waals surface area (Å²) in [7, 11) is 4.11. The van der Waals surface area contributed by atoms with E-state index in [1.807, 2.05) is 12.1 Å². The third-order valence-electron chi connectivity index (χ3n) is 4.09. The Morgan fingerprint density at radius 3 is 2.64 bits per heavy atom. The van der Waals surface area contributed by atoms with Crippen molar-refractivity contribution in [3.63, 3.8) is 0 Å². The van der Waals surface area contributed by atoms with Crippen LogP contribution in [0.2, 0.25) is 0 Å². The molecule has 0 fully saturated rings. The van der Waals surface area contributed by atoms with Crippen LogP contribution in [0.15, 0.2) is 53.7 Å². The monoisotopic (exact) mass is 337 g/mol. The molecule has 0 saturated heterocycles. The Kier molecular flexibility index (Phi) is 5.00. The maximum atomic E-state index is 13.0. The van der Waals surface area contributed by atoms with Crippen LogP contribution in [0.1, 0.15) is 21.8 Å². The Bertz CT molecular complexity index is 802. The third-order valence-corrected chi connectivity index (χ3v) is 4.09. The number of nitrogens with zero attached hydrogens (tertiary/aromatic N) is 3. The zero-order valence-corrected chi connectivity index (χ0v) is 14.3. The number of hydrogen-bond donors (Lipinski definition) is 1. The van der Waals surface area contributed by atoms with Gasteiger partial charge in [0.25, 0.3) is 5.91 Å². The summed E-state index contributed by atoms with van der Waals surface area (Å²) in [6.45, 7) is 1.51. The number of anilines is 1. The summed E-state index contributed by atoms with van der Waals surface area (Å²) in [4.78, 5) is 36.8. The first-order valence-electron chi connectivity index (χ1n) is 8.27. The number of carbonyl (C=O) groups excluding carboxylic acids is 2. The molecule has 0 bridgehead atoms. The molecule has 6 nitrogen and oxygen atoms in total. The van der Waals surface area contributed by atoms with Gasteiger partial charge in [0.1, 0.15) is 5.82 Å². The van der Waals surface area contributed by atoms with Gasteiger partial charge in [-0.15, -0.1) is 0 Å². The number of aliphatic imine (C=N–C) groups is 1. The number of benzene rings is 1. The summed E-state index contributed by atoms with van der Waals surface area (Å²) in [5, 5.41) is 0. The summed E-state index contributed by atoms with van der Waals surface area (Å²) in [6, 6.07) is 12.4. The van der Waals surface area contributed by atoms with Crippen LogP contribution < -0.4 is 9.80 Å². The first kappa shape index (κ1) is 17.0. The van der Waals surface area contributed by atoms with Crippen LogP contribution in [-0.4, -0.2) is 50.2 Å². The molecule has 2 aromatic rings. The van der Waals surface area contributed by atoms with E-state index in [1.165, 1.54) is 4.90 Å². The quantitative estimate of drug-likeness (QED) is 0.641. The number of pyridine rings is 1. The van der Waals surface area contributed by atoms with Crippen molar-refractivity contribution in [1.82, 2.24) is 4.98 Å². The first-order valence-corrected chi connectivity index (χ1v) is 8.27. The van der Waals surface area contributed by atoms with Crippen molar-refractivity contribution in [3.05, 3.63) is 59.8 Å². The summed E-state index contributed by atoms with van der Waals surface area (Å²) in [5.74, 6) is -0.902. The van der Waals surface area contributed by atoms with Crippen LogP contribution in [0.5, 0.6) is 0 Å². The van der Waals surface area contributed by atoms with Crippen LogP contribution in [-0.2, 0) is 4.79 Å². The fourth-order valence-corrected chi connectivity index (χ4v) is 2.77. The standard InChI is InChI=1S/C19H20N4O2/c1-22(2)12-11-20-13-16-14-7-3-4-8-15(14)18(24)23(19(16)25)17-9-5-6-10-21-17/h3-10,13,16H,11-12H2,1-2H3/p+1. The fourth-order valence-electron chi connectivity index (χ4n) is 2.77. The maximum absolute atomic E-state index is 13.0. The van der Waals surface area contributed by atoms with Gasteiger partial charge in [0.2, 0.25) is 5.91 Å². The predicted molar refractivity (Wildman–Crippen MR) is 96.3 cm³/mol. The number of nitrogens with one attached hydrogen (secondary N) is 1. The number of likely N-dealkylation sites (N-methyl/N-ethyl adjacent to an activating group) is 1. The highest BCUT2D eigenvalue weighted by Crippen LogP contribution is 2.30. The number of hydrogen-bond acceptors (Lipinski definition) is 4. The molecular formula is C19H21N4O2+. The Morgan fingerprint density at radius 1 is 1.16 bits per heavy atom. The Labute approximate surface area is 146 Å². The average Bonchev–Trinajstić information content (AvgIpc) is 2.62. The van der Waals surface area contributed by atoms with Gasteiger partial charge < -0.3 is 4.90 Å². The molecular weight excluding hydrogens is 316 g/mol. The molecule has 3 rings (SSSR count). The minimum absolute atomic E-state index is 0.316. The molecule has 0 spiro atoms. The molecule has 25 heavy (non-hydrogen) atoms. The van der Waals surface area contributed by atoms with Crippen molar-refractivity contribution < 1.29 is 14.5 Å². The Morgan fingerprint density at radius 2 is 1.92 bits per heavy atom. The van der Waals surface area contributed by atoms with Crippen molar-refractivity contribution in [2.75, 3.05) is 32.1 Å². The molecule has 2 heterocycles. The minimum Gasteiger partial charge on any atom is -0.338 e. The molecule has 1 unspecified atom stereocenters. The lowest BCUT2D eigenvalue weighted by Crippen LogP contribution is -3.06. The van der Waals surface area contributed by atoms with Crippen molar-refractivity contribution in [3.8, 4) is 0 Å². The summed E-state index contributed by atoms with van der Waals surface area (Å²) < 4.78 is 0. The average molecular weight is 337 g/mol. The number of rotatable bonds is 5. The molecule has 1 aliphatic rings. The van der Waals surface area contributed by atoms with Gasteiger partial charge in [0.15, 0.2) is 0 Å². The number of quaternary nitrogens is 1. The first-order chi connectivity index (χ1) is 12.1. The van der Waals surface area contributed by atoms with Gasteiger partial charge in [0.05, 0.1) is 33.1 Å². The second-order valence-corrected chi connectivity index (χ2v) is 6.24. The molecule has 6 heteroatoms. The number of amides is 2. The molecule has 1 aromatic carbocycles. The van der Waals surface area contributed by atoms with Crippen LogP contribution in [0.3, 0.4) is 0 Å². The number of fused-ring (bicyclic) bond motifs is 1. The van der Waals surface area contributed by atoms with E-state index in [1.54, 1.807) is 42.7 Å².